The molecule has 0 saturated heterocycles. The highest BCUT2D eigenvalue weighted by Crippen LogP contribution is 2.43. The van der Waals surface area contributed by atoms with Gasteiger partial charge in [-0.2, -0.15) is 22.0 Å². The molecule has 0 heterocycles. The molecule has 0 aliphatic heterocycles. The van der Waals surface area contributed by atoms with Crippen molar-refractivity contribution in [2.24, 2.45) is 5.73 Å². The van der Waals surface area contributed by atoms with Gasteiger partial charge in [0.1, 0.15) is 6.04 Å². The van der Waals surface area contributed by atoms with E-state index in [0.717, 1.165) is 5.56 Å². The van der Waals surface area contributed by atoms with Crippen molar-refractivity contribution in [2.75, 3.05) is 0 Å². The van der Waals surface area contributed by atoms with Crippen LogP contribution in [0.2, 0.25) is 0 Å². The molecule has 0 aromatic heterocycles. The Labute approximate surface area is 108 Å². The molecule has 0 amide bonds. The summed E-state index contributed by atoms with van der Waals surface area (Å²) in [5.74, 6) is -4.94. The van der Waals surface area contributed by atoms with E-state index in [1.807, 2.05) is 0 Å². The SMILES string of the molecule is Cc1ccc([C@H](N)C(F)(F)C(F)(F)F)cc1C.Cl. The molecule has 0 unspecified atom stereocenters. The molecule has 0 radical (unpaired) electrons. The van der Waals surface area contributed by atoms with E-state index in [-0.39, 0.29) is 18.0 Å². The molecule has 1 rings (SSSR count). The Morgan fingerprint density at radius 1 is 1.00 bits per heavy atom. The van der Waals surface area contributed by atoms with Crippen LogP contribution in [0.25, 0.3) is 0 Å². The van der Waals surface area contributed by atoms with Gasteiger partial charge in [-0.05, 0) is 30.5 Å². The van der Waals surface area contributed by atoms with Gasteiger partial charge in [0.25, 0.3) is 0 Å². The van der Waals surface area contributed by atoms with Gasteiger partial charge >= 0.3 is 12.1 Å². The van der Waals surface area contributed by atoms with Crippen LogP contribution in [0.3, 0.4) is 0 Å². The third-order valence-corrected chi connectivity index (χ3v) is 2.66. The van der Waals surface area contributed by atoms with E-state index >= 15 is 0 Å². The largest absolute Gasteiger partial charge is 0.455 e. The maximum Gasteiger partial charge on any atom is 0.455 e. The van der Waals surface area contributed by atoms with Gasteiger partial charge in [-0.25, -0.2) is 0 Å². The lowest BCUT2D eigenvalue weighted by molar-refractivity contribution is -0.291. The predicted octanol–water partition coefficient (Wildman–Crippen LogP) is 3.92. The van der Waals surface area contributed by atoms with E-state index in [9.17, 15) is 22.0 Å². The van der Waals surface area contributed by atoms with E-state index in [2.05, 4.69) is 0 Å². The summed E-state index contributed by atoms with van der Waals surface area (Å²) in [6.45, 7) is 3.35. The van der Waals surface area contributed by atoms with Gasteiger partial charge in [0.15, 0.2) is 0 Å². The summed E-state index contributed by atoms with van der Waals surface area (Å²) in [6.07, 6.45) is -5.65. The third kappa shape index (κ3) is 3.11. The first kappa shape index (κ1) is 17.1. The second-order valence-corrected chi connectivity index (χ2v) is 3.94. The number of benzene rings is 1. The molecule has 0 fully saturated rings. The lowest BCUT2D eigenvalue weighted by Crippen LogP contribution is -2.45. The van der Waals surface area contributed by atoms with Crippen molar-refractivity contribution < 1.29 is 22.0 Å². The van der Waals surface area contributed by atoms with E-state index in [0.29, 0.717) is 5.56 Å². The van der Waals surface area contributed by atoms with Crippen LogP contribution in [0, 0.1) is 13.8 Å². The smallest absolute Gasteiger partial charge is 0.319 e. The predicted molar refractivity (Wildman–Crippen MR) is 61.1 cm³/mol. The molecule has 1 nitrogen and oxygen atoms in total. The zero-order chi connectivity index (χ0) is 13.4. The van der Waals surface area contributed by atoms with Crippen LogP contribution < -0.4 is 5.73 Å². The van der Waals surface area contributed by atoms with Crippen LogP contribution in [0.1, 0.15) is 22.7 Å². The lowest BCUT2D eigenvalue weighted by Gasteiger charge is -2.26. The summed E-state index contributed by atoms with van der Waals surface area (Å²) in [5, 5.41) is 0. The Kier molecular flexibility index (Phi) is 5.14. The molecule has 0 bridgehead atoms. The van der Waals surface area contributed by atoms with Crippen LogP contribution in [-0.4, -0.2) is 12.1 Å². The maximum absolute atomic E-state index is 13.0. The molecular formula is C11H13ClF5N. The molecule has 104 valence electrons. The fraction of sp³-hybridized carbons (Fsp3) is 0.455. The molecule has 1 aromatic rings. The summed E-state index contributed by atoms with van der Waals surface area (Å²) >= 11 is 0. The number of halogens is 6. The van der Waals surface area contributed by atoms with Gasteiger partial charge in [-0.15, -0.1) is 12.4 Å². The first-order valence-electron chi connectivity index (χ1n) is 4.84. The van der Waals surface area contributed by atoms with Crippen LogP contribution in [-0.2, 0) is 0 Å². The van der Waals surface area contributed by atoms with Crippen molar-refractivity contribution in [2.45, 2.75) is 32.0 Å². The van der Waals surface area contributed by atoms with Crippen molar-refractivity contribution in [3.8, 4) is 0 Å². The van der Waals surface area contributed by atoms with Crippen molar-refractivity contribution in [3.63, 3.8) is 0 Å². The van der Waals surface area contributed by atoms with Gasteiger partial charge in [0, 0.05) is 0 Å². The van der Waals surface area contributed by atoms with Gasteiger partial charge in [-0.3, -0.25) is 0 Å². The van der Waals surface area contributed by atoms with Crippen molar-refractivity contribution >= 4 is 12.4 Å². The summed E-state index contributed by atoms with van der Waals surface area (Å²) in [4.78, 5) is 0. The van der Waals surface area contributed by atoms with Crippen LogP contribution >= 0.6 is 12.4 Å². The highest BCUT2D eigenvalue weighted by Gasteiger charge is 2.61. The van der Waals surface area contributed by atoms with E-state index in [1.165, 1.54) is 18.2 Å². The molecule has 18 heavy (non-hydrogen) atoms. The molecule has 2 N–H and O–H groups in total. The van der Waals surface area contributed by atoms with Gasteiger partial charge < -0.3 is 5.73 Å². The minimum atomic E-state index is -5.65. The van der Waals surface area contributed by atoms with Crippen molar-refractivity contribution in [1.29, 1.82) is 0 Å². The maximum atomic E-state index is 13.0. The second kappa shape index (κ2) is 5.40. The molecule has 1 aromatic carbocycles. The standard InChI is InChI=1S/C11H12F5N.ClH/c1-6-3-4-8(5-7(6)2)9(17)10(12,13)11(14,15)16;/h3-5,9H,17H2,1-2H3;1H/t9-;/m0./s1. The number of aryl methyl sites for hydroxylation is 2. The second-order valence-electron chi connectivity index (χ2n) is 3.94. The van der Waals surface area contributed by atoms with Gasteiger partial charge in [0.2, 0.25) is 0 Å². The number of hydrogen-bond acceptors (Lipinski definition) is 1. The zero-order valence-corrected chi connectivity index (χ0v) is 10.5. The summed E-state index contributed by atoms with van der Waals surface area (Å²) in [7, 11) is 0. The fourth-order valence-corrected chi connectivity index (χ4v) is 1.34. The minimum absolute atomic E-state index is 0. The summed E-state index contributed by atoms with van der Waals surface area (Å²) < 4.78 is 62.3. The Hall–Kier alpha value is -0.880. The molecular weight excluding hydrogens is 277 g/mol. The number of hydrogen-bond donors (Lipinski definition) is 1. The van der Waals surface area contributed by atoms with Crippen LogP contribution in [0.5, 0.6) is 0 Å². The van der Waals surface area contributed by atoms with E-state index in [4.69, 9.17) is 5.73 Å². The van der Waals surface area contributed by atoms with E-state index < -0.39 is 18.1 Å². The van der Waals surface area contributed by atoms with Crippen LogP contribution in [0.4, 0.5) is 22.0 Å². The molecule has 1 atom stereocenters. The van der Waals surface area contributed by atoms with E-state index in [1.54, 1.807) is 13.8 Å². The quantitative estimate of drug-likeness (QED) is 0.821. The summed E-state index contributed by atoms with van der Waals surface area (Å²) in [6, 6.07) is 1.52. The van der Waals surface area contributed by atoms with Crippen molar-refractivity contribution in [3.05, 3.63) is 34.9 Å². The summed E-state index contributed by atoms with van der Waals surface area (Å²) in [5.41, 5.74) is 6.20. The fourth-order valence-electron chi connectivity index (χ4n) is 1.34. The van der Waals surface area contributed by atoms with Crippen LogP contribution in [0.15, 0.2) is 18.2 Å². The van der Waals surface area contributed by atoms with Gasteiger partial charge in [0.05, 0.1) is 0 Å². The average Bonchev–Trinajstić information content (AvgIpc) is 2.19. The number of rotatable bonds is 2. The number of alkyl halides is 5. The molecule has 0 saturated carbocycles. The molecule has 0 spiro atoms. The molecule has 0 aliphatic rings. The Morgan fingerprint density at radius 2 is 1.50 bits per heavy atom. The molecule has 0 aliphatic carbocycles. The zero-order valence-electron chi connectivity index (χ0n) is 9.68. The normalized spacial score (nSPS) is 14.0. The minimum Gasteiger partial charge on any atom is -0.319 e. The topological polar surface area (TPSA) is 26.0 Å². The van der Waals surface area contributed by atoms with Crippen molar-refractivity contribution in [1.82, 2.24) is 0 Å². The lowest BCUT2D eigenvalue weighted by atomic mass is 9.97. The Morgan fingerprint density at radius 3 is 1.89 bits per heavy atom. The van der Waals surface area contributed by atoms with Gasteiger partial charge in [-0.1, -0.05) is 18.2 Å². The monoisotopic (exact) mass is 289 g/mol. The average molecular weight is 290 g/mol. The third-order valence-electron chi connectivity index (χ3n) is 2.66. The first-order chi connectivity index (χ1) is 7.57. The first-order valence-corrected chi connectivity index (χ1v) is 4.84. The molecule has 7 heteroatoms. The highest BCUT2D eigenvalue weighted by molar-refractivity contribution is 5.85. The Bertz CT molecular complexity index is 416. The highest BCUT2D eigenvalue weighted by atomic mass is 35.5. The Balaban J connectivity index is 0.00000289. The number of nitrogens with two attached hydrogens (primary N) is 1.